The van der Waals surface area contributed by atoms with Gasteiger partial charge in [0, 0.05) is 17.6 Å². The van der Waals surface area contributed by atoms with Crippen molar-refractivity contribution in [3.8, 4) is 0 Å². The molecule has 0 unspecified atom stereocenters. The molecule has 0 spiro atoms. The molecule has 0 aliphatic rings. The molecule has 0 radical (unpaired) electrons. The van der Waals surface area contributed by atoms with Gasteiger partial charge in [-0.2, -0.15) is 0 Å². The van der Waals surface area contributed by atoms with Crippen LogP contribution in [0, 0.1) is 0 Å². The average Bonchev–Trinajstić information content (AvgIpc) is 2.67. The molecule has 0 aromatic carbocycles. The Bertz CT molecular complexity index is 224. The van der Waals surface area contributed by atoms with Crippen molar-refractivity contribution in [3.05, 3.63) is 24.2 Å². The van der Waals surface area contributed by atoms with Gasteiger partial charge in [0.15, 0.2) is 0 Å². The van der Waals surface area contributed by atoms with Crippen molar-refractivity contribution in [1.29, 1.82) is 0 Å². The fraction of sp³-hybridized carbons (Fsp3) is 0.636. The molecular formula is C11H19NO. The minimum Gasteiger partial charge on any atom is -0.472 e. The first kappa shape index (κ1) is 10.3. The molecule has 0 amide bonds. The van der Waals surface area contributed by atoms with Gasteiger partial charge in [-0.3, -0.25) is 0 Å². The van der Waals surface area contributed by atoms with E-state index in [0.29, 0.717) is 0 Å². The Balaban J connectivity index is 2.41. The lowest BCUT2D eigenvalue weighted by atomic mass is 9.95. The number of rotatable bonds is 5. The minimum atomic E-state index is 0.261. The van der Waals surface area contributed by atoms with Gasteiger partial charge < -0.3 is 9.73 Å². The van der Waals surface area contributed by atoms with Crippen LogP contribution in [0.3, 0.4) is 0 Å². The zero-order valence-corrected chi connectivity index (χ0v) is 8.76. The molecule has 0 atom stereocenters. The standard InChI is InChI=1S/C11H19NO/c1-4-11(3,5-2)12-8-10-6-7-13-9-10/h6-7,9,12H,4-5,8H2,1-3H3. The lowest BCUT2D eigenvalue weighted by Gasteiger charge is -2.28. The van der Waals surface area contributed by atoms with Crippen LogP contribution < -0.4 is 5.32 Å². The zero-order valence-electron chi connectivity index (χ0n) is 8.76. The van der Waals surface area contributed by atoms with Crippen LogP contribution in [0.4, 0.5) is 0 Å². The lowest BCUT2D eigenvalue weighted by molar-refractivity contribution is 0.329. The van der Waals surface area contributed by atoms with E-state index in [0.717, 1.165) is 19.4 Å². The van der Waals surface area contributed by atoms with Crippen LogP contribution in [0.5, 0.6) is 0 Å². The Morgan fingerprint density at radius 2 is 2.08 bits per heavy atom. The molecule has 1 aromatic rings. The van der Waals surface area contributed by atoms with Crippen molar-refractivity contribution in [1.82, 2.24) is 5.32 Å². The number of furan rings is 1. The van der Waals surface area contributed by atoms with Crippen molar-refractivity contribution >= 4 is 0 Å². The van der Waals surface area contributed by atoms with Crippen LogP contribution >= 0.6 is 0 Å². The van der Waals surface area contributed by atoms with E-state index in [2.05, 4.69) is 26.1 Å². The van der Waals surface area contributed by atoms with E-state index >= 15 is 0 Å². The molecule has 13 heavy (non-hydrogen) atoms. The van der Waals surface area contributed by atoms with Gasteiger partial charge in [0.05, 0.1) is 12.5 Å². The van der Waals surface area contributed by atoms with E-state index in [1.807, 2.05) is 6.07 Å². The van der Waals surface area contributed by atoms with Crippen LogP contribution in [0.15, 0.2) is 23.0 Å². The highest BCUT2D eigenvalue weighted by Crippen LogP contribution is 2.14. The molecule has 0 aliphatic carbocycles. The maximum absolute atomic E-state index is 5.01. The number of hydrogen-bond acceptors (Lipinski definition) is 2. The third-order valence-corrected chi connectivity index (χ3v) is 2.86. The van der Waals surface area contributed by atoms with Gasteiger partial charge in [0.25, 0.3) is 0 Å². The highest BCUT2D eigenvalue weighted by molar-refractivity contribution is 5.05. The molecule has 0 saturated heterocycles. The van der Waals surface area contributed by atoms with Gasteiger partial charge in [0.1, 0.15) is 0 Å². The maximum atomic E-state index is 5.01. The highest BCUT2D eigenvalue weighted by atomic mass is 16.3. The normalized spacial score (nSPS) is 11.9. The molecule has 2 heteroatoms. The summed E-state index contributed by atoms with van der Waals surface area (Å²) in [6.45, 7) is 7.58. The summed E-state index contributed by atoms with van der Waals surface area (Å²) in [5.74, 6) is 0. The summed E-state index contributed by atoms with van der Waals surface area (Å²) < 4.78 is 5.01. The first-order chi connectivity index (χ1) is 6.20. The lowest BCUT2D eigenvalue weighted by Crippen LogP contribution is -2.40. The van der Waals surface area contributed by atoms with Crippen LogP contribution in [0.1, 0.15) is 39.2 Å². The minimum absolute atomic E-state index is 0.261. The van der Waals surface area contributed by atoms with Gasteiger partial charge in [0.2, 0.25) is 0 Å². The van der Waals surface area contributed by atoms with Gasteiger partial charge >= 0.3 is 0 Å². The van der Waals surface area contributed by atoms with E-state index < -0.39 is 0 Å². The average molecular weight is 181 g/mol. The van der Waals surface area contributed by atoms with E-state index in [9.17, 15) is 0 Å². The molecular weight excluding hydrogens is 162 g/mol. The second kappa shape index (κ2) is 4.47. The second-order valence-electron chi connectivity index (χ2n) is 3.75. The van der Waals surface area contributed by atoms with Crippen molar-refractivity contribution in [2.24, 2.45) is 0 Å². The Morgan fingerprint density at radius 1 is 1.38 bits per heavy atom. The largest absolute Gasteiger partial charge is 0.472 e. The molecule has 0 saturated carbocycles. The fourth-order valence-electron chi connectivity index (χ4n) is 1.21. The first-order valence-corrected chi connectivity index (χ1v) is 4.96. The summed E-state index contributed by atoms with van der Waals surface area (Å²) in [5, 5.41) is 3.54. The third-order valence-electron chi connectivity index (χ3n) is 2.86. The summed E-state index contributed by atoms with van der Waals surface area (Å²) in [7, 11) is 0. The SMILES string of the molecule is CCC(C)(CC)NCc1ccoc1. The van der Waals surface area contributed by atoms with E-state index in [1.54, 1.807) is 12.5 Å². The van der Waals surface area contributed by atoms with Crippen LogP contribution in [-0.4, -0.2) is 5.54 Å². The van der Waals surface area contributed by atoms with Gasteiger partial charge in [-0.05, 0) is 25.8 Å². The number of hydrogen-bond donors (Lipinski definition) is 1. The van der Waals surface area contributed by atoms with E-state index in [1.165, 1.54) is 5.56 Å². The second-order valence-corrected chi connectivity index (χ2v) is 3.75. The molecule has 1 heterocycles. The predicted octanol–water partition coefficient (Wildman–Crippen LogP) is 2.95. The quantitative estimate of drug-likeness (QED) is 0.755. The molecule has 2 nitrogen and oxygen atoms in total. The van der Waals surface area contributed by atoms with Crippen LogP contribution in [0.25, 0.3) is 0 Å². The Morgan fingerprint density at radius 3 is 2.54 bits per heavy atom. The number of nitrogens with one attached hydrogen (secondary N) is 1. The zero-order chi connectivity index (χ0) is 9.73. The first-order valence-electron chi connectivity index (χ1n) is 4.96. The van der Waals surface area contributed by atoms with Crippen molar-refractivity contribution in [3.63, 3.8) is 0 Å². The van der Waals surface area contributed by atoms with E-state index in [4.69, 9.17) is 4.42 Å². The Labute approximate surface area is 80.3 Å². The van der Waals surface area contributed by atoms with Gasteiger partial charge in [-0.15, -0.1) is 0 Å². The summed E-state index contributed by atoms with van der Waals surface area (Å²) in [5.41, 5.74) is 1.48. The van der Waals surface area contributed by atoms with Crippen molar-refractivity contribution < 1.29 is 4.42 Å². The molecule has 0 fully saturated rings. The molecule has 74 valence electrons. The van der Waals surface area contributed by atoms with E-state index in [-0.39, 0.29) is 5.54 Å². The Hall–Kier alpha value is -0.760. The highest BCUT2D eigenvalue weighted by Gasteiger charge is 2.17. The van der Waals surface area contributed by atoms with Crippen LogP contribution in [-0.2, 0) is 6.54 Å². The molecule has 1 aromatic heterocycles. The molecule has 1 rings (SSSR count). The van der Waals surface area contributed by atoms with Crippen molar-refractivity contribution in [2.45, 2.75) is 45.7 Å². The fourth-order valence-corrected chi connectivity index (χ4v) is 1.21. The van der Waals surface area contributed by atoms with Gasteiger partial charge in [-0.25, -0.2) is 0 Å². The summed E-state index contributed by atoms with van der Waals surface area (Å²) in [6, 6.07) is 2.00. The summed E-state index contributed by atoms with van der Waals surface area (Å²) >= 11 is 0. The smallest absolute Gasteiger partial charge is 0.0947 e. The molecule has 0 bridgehead atoms. The predicted molar refractivity (Wildman–Crippen MR) is 54.5 cm³/mol. The molecule has 1 N–H and O–H groups in total. The third kappa shape index (κ3) is 2.88. The topological polar surface area (TPSA) is 25.2 Å². The van der Waals surface area contributed by atoms with Crippen molar-refractivity contribution in [2.75, 3.05) is 0 Å². The monoisotopic (exact) mass is 181 g/mol. The summed E-state index contributed by atoms with van der Waals surface area (Å²) in [6.07, 6.45) is 5.81. The molecule has 0 aliphatic heterocycles. The van der Waals surface area contributed by atoms with Gasteiger partial charge in [-0.1, -0.05) is 13.8 Å². The summed E-state index contributed by atoms with van der Waals surface area (Å²) in [4.78, 5) is 0. The maximum Gasteiger partial charge on any atom is 0.0947 e. The Kier molecular flexibility index (Phi) is 3.55. The van der Waals surface area contributed by atoms with Crippen LogP contribution in [0.2, 0.25) is 0 Å².